The molecule has 0 bridgehead atoms. The summed E-state index contributed by atoms with van der Waals surface area (Å²) in [5, 5.41) is 9.02. The fourth-order valence-electron chi connectivity index (χ4n) is 1.45. The van der Waals surface area contributed by atoms with Crippen molar-refractivity contribution in [1.29, 1.82) is 0 Å². The molecule has 1 rings (SSSR count). The van der Waals surface area contributed by atoms with Crippen LogP contribution in [0.3, 0.4) is 0 Å². The molecule has 0 radical (unpaired) electrons. The van der Waals surface area contributed by atoms with E-state index in [1.54, 1.807) is 19.9 Å². The highest BCUT2D eigenvalue weighted by molar-refractivity contribution is 14.1. The van der Waals surface area contributed by atoms with Gasteiger partial charge in [0.25, 0.3) is 0 Å². The van der Waals surface area contributed by atoms with Crippen LogP contribution in [0, 0.1) is 16.4 Å². The molecular weight excluding hydrogens is 381 g/mol. The van der Waals surface area contributed by atoms with Gasteiger partial charge in [-0.2, -0.15) is 4.72 Å². The largest absolute Gasteiger partial charge is 0.480 e. The van der Waals surface area contributed by atoms with Gasteiger partial charge >= 0.3 is 5.97 Å². The molecule has 5 nitrogen and oxygen atoms in total. The fourth-order valence-corrected chi connectivity index (χ4v) is 3.54. The number of aliphatic carboxylic acids is 1. The summed E-state index contributed by atoms with van der Waals surface area (Å²) in [6.07, 6.45) is 0. The minimum Gasteiger partial charge on any atom is -0.480 e. The zero-order chi connectivity index (χ0) is 14.8. The molecule has 0 amide bonds. The third kappa shape index (κ3) is 4.15. The number of benzene rings is 1. The van der Waals surface area contributed by atoms with E-state index < -0.39 is 22.0 Å². The van der Waals surface area contributed by atoms with Crippen LogP contribution in [0.5, 0.6) is 0 Å². The van der Waals surface area contributed by atoms with Crippen molar-refractivity contribution in [3.63, 3.8) is 0 Å². The molecule has 1 aromatic rings. The molecule has 0 saturated heterocycles. The Hall–Kier alpha value is -0.670. The number of sulfonamides is 1. The van der Waals surface area contributed by atoms with Crippen LogP contribution >= 0.6 is 22.6 Å². The Labute approximate surface area is 126 Å². The van der Waals surface area contributed by atoms with Gasteiger partial charge < -0.3 is 5.11 Å². The molecule has 2 N–H and O–H groups in total. The van der Waals surface area contributed by atoms with E-state index in [-0.39, 0.29) is 10.8 Å². The third-order valence-corrected chi connectivity index (χ3v) is 5.27. The lowest BCUT2D eigenvalue weighted by Gasteiger charge is -2.18. The summed E-state index contributed by atoms with van der Waals surface area (Å²) in [4.78, 5) is 11.1. The second-order valence-electron chi connectivity index (χ2n) is 4.59. The monoisotopic (exact) mass is 397 g/mol. The molecule has 1 atom stereocenters. The third-order valence-electron chi connectivity index (χ3n) is 2.67. The molecule has 7 heteroatoms. The molecule has 1 unspecified atom stereocenters. The van der Waals surface area contributed by atoms with Crippen LogP contribution in [0.1, 0.15) is 19.4 Å². The highest BCUT2D eigenvalue weighted by atomic mass is 127. The summed E-state index contributed by atoms with van der Waals surface area (Å²) in [6.45, 7) is 5.18. The van der Waals surface area contributed by atoms with Gasteiger partial charge in [0.15, 0.2) is 0 Å². The Morgan fingerprint density at radius 2 is 1.95 bits per heavy atom. The molecular formula is C12H16INO4S. The fraction of sp³-hybridized carbons (Fsp3) is 0.417. The second kappa shape index (κ2) is 6.19. The van der Waals surface area contributed by atoms with E-state index in [1.165, 1.54) is 12.1 Å². The van der Waals surface area contributed by atoms with Crippen molar-refractivity contribution in [3.8, 4) is 0 Å². The van der Waals surface area contributed by atoms with Crippen LogP contribution < -0.4 is 4.72 Å². The molecule has 0 aliphatic carbocycles. The van der Waals surface area contributed by atoms with Gasteiger partial charge in [-0.15, -0.1) is 0 Å². The molecule has 19 heavy (non-hydrogen) atoms. The van der Waals surface area contributed by atoms with Crippen molar-refractivity contribution in [2.45, 2.75) is 31.7 Å². The van der Waals surface area contributed by atoms with Crippen LogP contribution in [-0.4, -0.2) is 25.5 Å². The molecule has 0 aliphatic rings. The summed E-state index contributed by atoms with van der Waals surface area (Å²) in [5.41, 5.74) is 0.971. The van der Waals surface area contributed by atoms with Crippen molar-refractivity contribution in [1.82, 2.24) is 4.72 Å². The zero-order valence-electron chi connectivity index (χ0n) is 10.8. The molecule has 1 aromatic carbocycles. The van der Waals surface area contributed by atoms with Gasteiger partial charge in [-0.25, -0.2) is 8.42 Å². The Bertz CT molecular complexity index is 583. The van der Waals surface area contributed by atoms with E-state index in [9.17, 15) is 13.2 Å². The maximum atomic E-state index is 12.1. The number of aryl methyl sites for hydroxylation is 1. The van der Waals surface area contributed by atoms with Crippen LogP contribution in [0.4, 0.5) is 0 Å². The van der Waals surface area contributed by atoms with E-state index in [0.717, 1.165) is 9.13 Å². The van der Waals surface area contributed by atoms with Crippen molar-refractivity contribution in [2.24, 2.45) is 5.92 Å². The van der Waals surface area contributed by atoms with Gasteiger partial charge in [-0.05, 0) is 53.1 Å². The first-order chi connectivity index (χ1) is 8.65. The van der Waals surface area contributed by atoms with Gasteiger partial charge in [-0.1, -0.05) is 19.9 Å². The first-order valence-corrected chi connectivity index (χ1v) is 8.22. The van der Waals surface area contributed by atoms with E-state index in [0.29, 0.717) is 0 Å². The van der Waals surface area contributed by atoms with Gasteiger partial charge in [-0.3, -0.25) is 4.79 Å². The summed E-state index contributed by atoms with van der Waals surface area (Å²) in [7, 11) is -3.82. The summed E-state index contributed by atoms with van der Waals surface area (Å²) in [6, 6.07) is 3.56. The van der Waals surface area contributed by atoms with Crippen LogP contribution in [0.2, 0.25) is 0 Å². The van der Waals surface area contributed by atoms with Crippen LogP contribution in [0.15, 0.2) is 23.1 Å². The Kier molecular flexibility index (Phi) is 5.34. The van der Waals surface area contributed by atoms with E-state index in [4.69, 9.17) is 5.11 Å². The second-order valence-corrected chi connectivity index (χ2v) is 7.47. The average molecular weight is 397 g/mol. The molecule has 0 aromatic heterocycles. The molecule has 0 spiro atoms. The van der Waals surface area contributed by atoms with Crippen molar-refractivity contribution >= 4 is 38.6 Å². The average Bonchev–Trinajstić information content (AvgIpc) is 2.28. The lowest BCUT2D eigenvalue weighted by atomic mass is 10.1. The molecule has 0 aliphatic heterocycles. The van der Waals surface area contributed by atoms with E-state index in [2.05, 4.69) is 4.72 Å². The lowest BCUT2D eigenvalue weighted by Crippen LogP contribution is -2.44. The number of hydrogen-bond acceptors (Lipinski definition) is 3. The van der Waals surface area contributed by atoms with Crippen LogP contribution in [-0.2, 0) is 14.8 Å². The number of carbonyl (C=O) groups is 1. The highest BCUT2D eigenvalue weighted by Gasteiger charge is 2.28. The minimum absolute atomic E-state index is 0.0781. The number of hydrogen-bond donors (Lipinski definition) is 2. The number of carboxylic acids is 1. The minimum atomic E-state index is -3.82. The van der Waals surface area contributed by atoms with Crippen molar-refractivity contribution in [3.05, 3.63) is 27.3 Å². The summed E-state index contributed by atoms with van der Waals surface area (Å²) in [5.74, 6) is -1.52. The van der Waals surface area contributed by atoms with Gasteiger partial charge in [0.05, 0.1) is 4.90 Å². The molecule has 0 heterocycles. The smallest absolute Gasteiger partial charge is 0.322 e. The van der Waals surface area contributed by atoms with Crippen molar-refractivity contribution in [2.75, 3.05) is 0 Å². The highest BCUT2D eigenvalue weighted by Crippen LogP contribution is 2.18. The van der Waals surface area contributed by atoms with E-state index in [1.807, 2.05) is 29.5 Å². The Morgan fingerprint density at radius 3 is 2.37 bits per heavy atom. The first-order valence-electron chi connectivity index (χ1n) is 5.66. The van der Waals surface area contributed by atoms with E-state index >= 15 is 0 Å². The SMILES string of the molecule is Cc1ccc(S(=O)(=O)NC(C(=O)O)C(C)C)cc1I. The summed E-state index contributed by atoms with van der Waals surface area (Å²) >= 11 is 2.04. The normalized spacial score (nSPS) is 13.5. The van der Waals surface area contributed by atoms with Crippen molar-refractivity contribution < 1.29 is 18.3 Å². The summed E-state index contributed by atoms with van der Waals surface area (Å²) < 4.78 is 27.3. The standard InChI is InChI=1S/C12H16INO4S/c1-7(2)11(12(15)16)14-19(17,18)9-5-4-8(3)10(13)6-9/h4-7,11,14H,1-3H3,(H,15,16). The Morgan fingerprint density at radius 1 is 1.37 bits per heavy atom. The van der Waals surface area contributed by atoms with Crippen LogP contribution in [0.25, 0.3) is 0 Å². The topological polar surface area (TPSA) is 83.5 Å². The molecule has 0 fully saturated rings. The number of nitrogens with one attached hydrogen (secondary N) is 1. The number of halogens is 1. The predicted octanol–water partition coefficient (Wildman–Crippen LogP) is 1.99. The van der Waals surface area contributed by atoms with Gasteiger partial charge in [0.1, 0.15) is 6.04 Å². The maximum Gasteiger partial charge on any atom is 0.322 e. The lowest BCUT2D eigenvalue weighted by molar-refractivity contribution is -0.140. The quantitative estimate of drug-likeness (QED) is 0.745. The first kappa shape index (κ1) is 16.4. The molecule has 0 saturated carbocycles. The number of carboxylic acid groups (broad SMARTS) is 1. The predicted molar refractivity (Wildman–Crippen MR) is 80.5 cm³/mol. The van der Waals surface area contributed by atoms with Gasteiger partial charge in [0.2, 0.25) is 10.0 Å². The maximum absolute atomic E-state index is 12.1. The Balaban J connectivity index is 3.10. The number of rotatable bonds is 5. The molecule has 106 valence electrons. The zero-order valence-corrected chi connectivity index (χ0v) is 13.8. The van der Waals surface area contributed by atoms with Gasteiger partial charge in [0, 0.05) is 3.57 Å².